The van der Waals surface area contributed by atoms with Crippen LogP contribution in [0.25, 0.3) is 0 Å². The summed E-state index contributed by atoms with van der Waals surface area (Å²) in [6.07, 6.45) is -13.1. The third-order valence-corrected chi connectivity index (χ3v) is 3.46. The molecule has 0 saturated carbocycles. The number of rotatable bonds is 8. The standard InChI is InChI=1S/C10H3F19O2/c11-2(12,1(30)31)3(13,14)4(15,16)5(17,18)6(19,20)7(21,22)8(23,24)9(25,26)10(27,28)29/h1,30-31H. The van der Waals surface area contributed by atoms with Gasteiger partial charge in [0, 0.05) is 0 Å². The molecule has 0 fully saturated rings. The van der Waals surface area contributed by atoms with Gasteiger partial charge in [0.25, 0.3) is 0 Å². The van der Waals surface area contributed by atoms with Gasteiger partial charge in [-0.2, -0.15) is 83.4 Å². The first-order valence-electron chi connectivity index (χ1n) is 6.40. The quantitative estimate of drug-likeness (QED) is 0.355. The molecule has 0 aromatic heterocycles. The normalized spacial score (nSPS) is 16.8. The summed E-state index contributed by atoms with van der Waals surface area (Å²) in [6.45, 7) is 0. The minimum Gasteiger partial charge on any atom is -0.363 e. The Morgan fingerprint density at radius 2 is 0.516 bits per heavy atom. The fourth-order valence-corrected chi connectivity index (χ4v) is 1.54. The summed E-state index contributed by atoms with van der Waals surface area (Å²) >= 11 is 0. The van der Waals surface area contributed by atoms with Crippen LogP contribution < -0.4 is 0 Å². The fourth-order valence-electron chi connectivity index (χ4n) is 1.54. The lowest BCUT2D eigenvalue weighted by molar-refractivity contribution is -0.473. The zero-order chi connectivity index (χ0) is 26.1. The Morgan fingerprint density at radius 1 is 0.323 bits per heavy atom. The van der Waals surface area contributed by atoms with Crippen LogP contribution in [0.2, 0.25) is 0 Å². The van der Waals surface area contributed by atoms with E-state index in [1.807, 2.05) is 0 Å². The van der Waals surface area contributed by atoms with Gasteiger partial charge in [-0.3, -0.25) is 0 Å². The lowest BCUT2D eigenvalue weighted by atomic mass is 9.87. The maximum atomic E-state index is 13.2. The van der Waals surface area contributed by atoms with Crippen molar-refractivity contribution in [1.82, 2.24) is 0 Å². The first-order chi connectivity index (χ1) is 12.9. The van der Waals surface area contributed by atoms with Gasteiger partial charge in [-0.1, -0.05) is 0 Å². The van der Waals surface area contributed by atoms with Crippen molar-refractivity contribution in [3.8, 4) is 0 Å². The molecule has 0 radical (unpaired) electrons. The second kappa shape index (κ2) is 7.04. The first-order valence-corrected chi connectivity index (χ1v) is 6.40. The summed E-state index contributed by atoms with van der Waals surface area (Å²) in [5, 5.41) is 15.6. The Kier molecular flexibility index (Phi) is 6.72. The Morgan fingerprint density at radius 3 is 0.710 bits per heavy atom. The summed E-state index contributed by atoms with van der Waals surface area (Å²) in [5.41, 5.74) is 0. The van der Waals surface area contributed by atoms with Crippen molar-refractivity contribution >= 4 is 0 Å². The smallest absolute Gasteiger partial charge is 0.363 e. The summed E-state index contributed by atoms with van der Waals surface area (Å²) in [7, 11) is 0. The predicted octanol–water partition coefficient (Wildman–Crippen LogP) is 4.94. The molecule has 0 rings (SSSR count). The Bertz CT molecular complexity index is 659. The molecule has 0 aromatic rings. The summed E-state index contributed by atoms with van der Waals surface area (Å²) in [6, 6.07) is 0. The van der Waals surface area contributed by atoms with Gasteiger partial charge in [0.2, 0.25) is 6.29 Å². The lowest BCUT2D eigenvalue weighted by Gasteiger charge is -2.43. The van der Waals surface area contributed by atoms with E-state index in [2.05, 4.69) is 0 Å². The first kappa shape index (κ1) is 29.6. The topological polar surface area (TPSA) is 40.5 Å². The summed E-state index contributed by atoms with van der Waals surface area (Å²) < 4.78 is 242. The monoisotopic (exact) mass is 516 g/mol. The van der Waals surface area contributed by atoms with E-state index >= 15 is 0 Å². The average molecular weight is 516 g/mol. The second-order valence-corrected chi connectivity index (χ2v) is 5.52. The number of aliphatic hydroxyl groups is 2. The predicted molar refractivity (Wildman–Crippen MR) is 53.9 cm³/mol. The van der Waals surface area contributed by atoms with Crippen LogP contribution in [-0.4, -0.2) is 70.1 Å². The number of aliphatic hydroxyl groups excluding tert-OH is 1. The zero-order valence-electron chi connectivity index (χ0n) is 13.2. The minimum absolute atomic E-state index is 5.12. The van der Waals surface area contributed by atoms with Crippen molar-refractivity contribution in [1.29, 1.82) is 0 Å². The van der Waals surface area contributed by atoms with Gasteiger partial charge < -0.3 is 10.2 Å². The number of alkyl halides is 19. The molecule has 0 aliphatic heterocycles. The summed E-state index contributed by atoms with van der Waals surface area (Å²) in [4.78, 5) is 0. The highest BCUT2D eigenvalue weighted by molar-refractivity contribution is 5.16. The van der Waals surface area contributed by atoms with Crippen LogP contribution in [-0.2, 0) is 0 Å². The molecular formula is C10H3F19O2. The van der Waals surface area contributed by atoms with Crippen molar-refractivity contribution in [3.05, 3.63) is 0 Å². The third kappa shape index (κ3) is 3.45. The van der Waals surface area contributed by atoms with E-state index in [4.69, 9.17) is 10.2 Å². The molecule has 188 valence electrons. The van der Waals surface area contributed by atoms with Crippen LogP contribution in [0.4, 0.5) is 83.4 Å². The molecule has 0 aliphatic carbocycles. The van der Waals surface area contributed by atoms with E-state index in [-0.39, 0.29) is 0 Å². The maximum absolute atomic E-state index is 13.2. The molecule has 0 spiro atoms. The van der Waals surface area contributed by atoms with Gasteiger partial charge in [0.1, 0.15) is 0 Å². The second-order valence-electron chi connectivity index (χ2n) is 5.52. The molecule has 0 heterocycles. The summed E-state index contributed by atoms with van der Waals surface area (Å²) in [5.74, 6) is -68.3. The van der Waals surface area contributed by atoms with Crippen molar-refractivity contribution in [2.24, 2.45) is 0 Å². The highest BCUT2D eigenvalue weighted by Crippen LogP contribution is 2.65. The molecule has 31 heavy (non-hydrogen) atoms. The van der Waals surface area contributed by atoms with Crippen molar-refractivity contribution < 1.29 is 93.6 Å². The Hall–Kier alpha value is -1.41. The van der Waals surface area contributed by atoms with E-state index in [1.54, 1.807) is 0 Å². The average Bonchev–Trinajstić information content (AvgIpc) is 2.52. The van der Waals surface area contributed by atoms with Crippen LogP contribution in [0.5, 0.6) is 0 Å². The van der Waals surface area contributed by atoms with Gasteiger partial charge in [0.15, 0.2) is 0 Å². The van der Waals surface area contributed by atoms with Crippen molar-refractivity contribution in [2.45, 2.75) is 59.8 Å². The van der Waals surface area contributed by atoms with Crippen LogP contribution in [0, 0.1) is 0 Å². The molecule has 21 heteroatoms. The van der Waals surface area contributed by atoms with Crippen LogP contribution in [0.3, 0.4) is 0 Å². The molecule has 0 aliphatic rings. The van der Waals surface area contributed by atoms with E-state index in [1.165, 1.54) is 0 Å². The molecule has 0 amide bonds. The Labute approximate surface area is 155 Å². The van der Waals surface area contributed by atoms with Crippen LogP contribution in [0.15, 0.2) is 0 Å². The van der Waals surface area contributed by atoms with Gasteiger partial charge >= 0.3 is 53.6 Å². The van der Waals surface area contributed by atoms with E-state index < -0.39 is 59.8 Å². The number of halogens is 19. The Balaban J connectivity index is 6.91. The lowest BCUT2D eigenvalue weighted by Crippen LogP contribution is -2.76. The highest BCUT2D eigenvalue weighted by Gasteiger charge is 2.97. The van der Waals surface area contributed by atoms with Crippen LogP contribution in [0.1, 0.15) is 0 Å². The fraction of sp³-hybridized carbons (Fsp3) is 1.00. The van der Waals surface area contributed by atoms with Crippen molar-refractivity contribution in [3.63, 3.8) is 0 Å². The SMILES string of the molecule is OC(O)C(F)(F)C(F)(F)C(F)(F)C(F)(F)C(F)(F)C(F)(F)C(F)(F)C(F)(F)C(F)(F)F. The van der Waals surface area contributed by atoms with Gasteiger partial charge in [0.05, 0.1) is 0 Å². The molecule has 0 unspecified atom stereocenters. The molecule has 0 aromatic carbocycles. The molecule has 0 bridgehead atoms. The van der Waals surface area contributed by atoms with E-state index in [9.17, 15) is 83.4 Å². The molecule has 0 atom stereocenters. The molecule has 2 N–H and O–H groups in total. The molecule has 0 saturated heterocycles. The van der Waals surface area contributed by atoms with E-state index in [0.717, 1.165) is 0 Å². The minimum atomic E-state index is -9.03. The van der Waals surface area contributed by atoms with Crippen LogP contribution >= 0.6 is 0 Å². The van der Waals surface area contributed by atoms with Gasteiger partial charge in [-0.05, 0) is 0 Å². The zero-order valence-corrected chi connectivity index (χ0v) is 13.2. The number of hydrogen-bond acceptors (Lipinski definition) is 2. The van der Waals surface area contributed by atoms with Crippen molar-refractivity contribution in [2.75, 3.05) is 0 Å². The molecule has 2 nitrogen and oxygen atoms in total. The highest BCUT2D eigenvalue weighted by atomic mass is 19.4. The van der Waals surface area contributed by atoms with Gasteiger partial charge in [-0.15, -0.1) is 0 Å². The third-order valence-electron chi connectivity index (χ3n) is 3.46. The van der Waals surface area contributed by atoms with Gasteiger partial charge in [-0.25, -0.2) is 0 Å². The van der Waals surface area contributed by atoms with E-state index in [0.29, 0.717) is 0 Å². The number of hydrogen-bond donors (Lipinski definition) is 2. The maximum Gasteiger partial charge on any atom is 0.460 e. The largest absolute Gasteiger partial charge is 0.460 e. The molecular weight excluding hydrogens is 513 g/mol.